The lowest BCUT2D eigenvalue weighted by Gasteiger charge is -2.24. The monoisotopic (exact) mass is 528 g/mol. The Morgan fingerprint density at radius 1 is 1.18 bits per heavy atom. The number of esters is 1. The van der Waals surface area contributed by atoms with E-state index in [1.165, 1.54) is 12.7 Å². The summed E-state index contributed by atoms with van der Waals surface area (Å²) in [5.74, 6) is 0.166. The fourth-order valence-corrected chi connectivity index (χ4v) is 5.09. The van der Waals surface area contributed by atoms with Gasteiger partial charge in [0.25, 0.3) is 0 Å². The average molecular weight is 529 g/mol. The van der Waals surface area contributed by atoms with Crippen LogP contribution in [0.4, 0.5) is 0 Å². The van der Waals surface area contributed by atoms with E-state index in [-0.39, 0.29) is 17.6 Å². The molecule has 1 saturated heterocycles. The van der Waals surface area contributed by atoms with Crippen molar-refractivity contribution in [3.05, 3.63) is 90.4 Å². The number of aromatic nitrogens is 4. The van der Waals surface area contributed by atoms with Gasteiger partial charge in [-0.15, -0.1) is 5.10 Å². The van der Waals surface area contributed by atoms with Crippen LogP contribution in [0, 0.1) is 0 Å². The summed E-state index contributed by atoms with van der Waals surface area (Å²) in [5.41, 5.74) is 3.36. The Morgan fingerprint density at radius 3 is 2.85 bits per heavy atom. The van der Waals surface area contributed by atoms with Gasteiger partial charge in [-0.3, -0.25) is 9.69 Å². The number of likely N-dealkylation sites (tertiary alicyclic amines) is 1. The van der Waals surface area contributed by atoms with E-state index in [9.17, 15) is 9.59 Å². The van der Waals surface area contributed by atoms with Crippen LogP contribution in [-0.2, 0) is 22.5 Å². The summed E-state index contributed by atoms with van der Waals surface area (Å²) < 4.78 is 12.3. The highest BCUT2D eigenvalue weighted by Crippen LogP contribution is 2.31. The van der Waals surface area contributed by atoms with Crippen molar-refractivity contribution in [2.24, 2.45) is 0 Å². The number of H-pyrrole nitrogens is 1. The Bertz CT molecular complexity index is 1460. The summed E-state index contributed by atoms with van der Waals surface area (Å²) in [6.45, 7) is 5.72. The van der Waals surface area contributed by atoms with Gasteiger partial charge in [-0.25, -0.2) is 9.48 Å². The normalized spacial score (nSPS) is 17.3. The van der Waals surface area contributed by atoms with Gasteiger partial charge in [0.15, 0.2) is 5.69 Å². The molecule has 4 aromatic rings. The first-order valence-corrected chi connectivity index (χ1v) is 13.0. The molecule has 202 valence electrons. The van der Waals surface area contributed by atoms with Gasteiger partial charge >= 0.3 is 5.97 Å². The lowest BCUT2D eigenvalue weighted by molar-refractivity contribution is -0.125. The zero-order valence-electron chi connectivity index (χ0n) is 21.9. The maximum Gasteiger partial charge on any atom is 0.360 e. The van der Waals surface area contributed by atoms with Crippen molar-refractivity contribution in [3.63, 3.8) is 0 Å². The molecule has 0 unspecified atom stereocenters. The molecule has 10 nitrogen and oxygen atoms in total. The molecule has 10 heteroatoms. The van der Waals surface area contributed by atoms with Gasteiger partial charge in [-0.05, 0) is 30.5 Å². The molecule has 1 aliphatic rings. The molecule has 0 aliphatic carbocycles. The quantitative estimate of drug-likeness (QED) is 0.227. The molecule has 39 heavy (non-hydrogen) atoms. The Kier molecular flexibility index (Phi) is 8.02. The van der Waals surface area contributed by atoms with Crippen LogP contribution in [0.1, 0.15) is 34.1 Å². The van der Waals surface area contributed by atoms with Gasteiger partial charge in [0.2, 0.25) is 5.91 Å². The van der Waals surface area contributed by atoms with Crippen LogP contribution in [0.5, 0.6) is 5.75 Å². The van der Waals surface area contributed by atoms with Gasteiger partial charge in [0.05, 0.1) is 25.4 Å². The number of para-hydroxylation sites is 2. The number of carbonyl (C=O) groups is 2. The van der Waals surface area contributed by atoms with Crippen LogP contribution in [0.15, 0.2) is 73.6 Å². The first kappa shape index (κ1) is 26.2. The van der Waals surface area contributed by atoms with Gasteiger partial charge < -0.3 is 19.8 Å². The molecule has 2 aromatic heterocycles. The summed E-state index contributed by atoms with van der Waals surface area (Å²) in [6.07, 6.45) is 6.52. The second-order valence-corrected chi connectivity index (χ2v) is 9.52. The van der Waals surface area contributed by atoms with E-state index in [4.69, 9.17) is 9.47 Å². The molecule has 1 aliphatic heterocycles. The smallest absolute Gasteiger partial charge is 0.360 e. The lowest BCUT2D eigenvalue weighted by Crippen LogP contribution is -2.43. The van der Waals surface area contributed by atoms with Crippen LogP contribution < -0.4 is 10.1 Å². The fraction of sp³-hybridized carbons (Fsp3) is 0.310. The van der Waals surface area contributed by atoms with E-state index >= 15 is 0 Å². The van der Waals surface area contributed by atoms with E-state index in [1.807, 2.05) is 48.7 Å². The number of ether oxygens (including phenoxy) is 2. The molecular weight excluding hydrogens is 496 g/mol. The highest BCUT2D eigenvalue weighted by Gasteiger charge is 2.38. The number of nitrogens with one attached hydrogen (secondary N) is 2. The third-order valence-corrected chi connectivity index (χ3v) is 7.03. The van der Waals surface area contributed by atoms with Gasteiger partial charge in [-0.2, -0.15) is 0 Å². The number of hydrogen-bond acceptors (Lipinski definition) is 7. The molecule has 2 aromatic carbocycles. The third kappa shape index (κ3) is 5.85. The van der Waals surface area contributed by atoms with Crippen LogP contribution in [-0.4, -0.2) is 69.6 Å². The minimum Gasteiger partial charge on any atom is -0.489 e. The fourth-order valence-electron chi connectivity index (χ4n) is 5.09. The van der Waals surface area contributed by atoms with E-state index in [0.717, 1.165) is 28.6 Å². The number of hydrogen-bond donors (Lipinski definition) is 2. The summed E-state index contributed by atoms with van der Waals surface area (Å²) in [7, 11) is 1.31. The standard InChI is InChI=1S/C29H32N6O4/c1-3-14-39-27-11-7-4-8-21(27)17-34-18-22(35-19-25(32-33-35)29(37)38-2)15-26(34)28(36)30-13-12-20-16-31-24-10-6-5-9-23(20)24/h3-11,16,19,22,26,31H,1,12-15,17-18H2,2H3,(H,30,36)/t22-,26+/m1/s1. The SMILES string of the molecule is C=CCOc1ccccc1CN1C[C@H](n2cc(C(=O)OC)nn2)C[C@H]1C(=O)NCCc1c[nH]c2ccccc12. The molecule has 1 fully saturated rings. The molecule has 0 bridgehead atoms. The van der Waals surface area contributed by atoms with Crippen LogP contribution in [0.3, 0.4) is 0 Å². The summed E-state index contributed by atoms with van der Waals surface area (Å²) in [6, 6.07) is 15.4. The first-order chi connectivity index (χ1) is 19.1. The summed E-state index contributed by atoms with van der Waals surface area (Å²) >= 11 is 0. The molecule has 1 amide bonds. The maximum atomic E-state index is 13.5. The number of nitrogens with zero attached hydrogens (tertiary/aromatic N) is 4. The highest BCUT2D eigenvalue weighted by atomic mass is 16.5. The van der Waals surface area contributed by atoms with Crippen molar-refractivity contribution in [1.29, 1.82) is 0 Å². The summed E-state index contributed by atoms with van der Waals surface area (Å²) in [4.78, 5) is 30.8. The Labute approximate surface area is 226 Å². The number of methoxy groups -OCH3 is 1. The second kappa shape index (κ2) is 12.0. The number of fused-ring (bicyclic) bond motifs is 1. The van der Waals surface area contributed by atoms with Crippen molar-refractivity contribution in [3.8, 4) is 5.75 Å². The molecular formula is C29H32N6O4. The van der Waals surface area contributed by atoms with Crippen molar-refractivity contribution in [1.82, 2.24) is 30.2 Å². The van der Waals surface area contributed by atoms with E-state index < -0.39 is 12.0 Å². The van der Waals surface area contributed by atoms with Crippen molar-refractivity contribution >= 4 is 22.8 Å². The van der Waals surface area contributed by atoms with Crippen LogP contribution in [0.25, 0.3) is 10.9 Å². The number of rotatable bonds is 11. The predicted molar refractivity (Wildman–Crippen MR) is 146 cm³/mol. The third-order valence-electron chi connectivity index (χ3n) is 7.03. The zero-order valence-corrected chi connectivity index (χ0v) is 21.9. The largest absolute Gasteiger partial charge is 0.489 e. The molecule has 2 atom stereocenters. The van der Waals surface area contributed by atoms with Crippen molar-refractivity contribution < 1.29 is 19.1 Å². The molecule has 2 N–H and O–H groups in total. The molecule has 0 saturated carbocycles. The zero-order chi connectivity index (χ0) is 27.2. The van der Waals surface area contributed by atoms with Gasteiger partial charge in [0.1, 0.15) is 12.4 Å². The Hall–Kier alpha value is -4.44. The number of benzene rings is 2. The van der Waals surface area contributed by atoms with Crippen molar-refractivity contribution in [2.75, 3.05) is 26.8 Å². The van der Waals surface area contributed by atoms with Crippen LogP contribution >= 0.6 is 0 Å². The van der Waals surface area contributed by atoms with Crippen LogP contribution in [0.2, 0.25) is 0 Å². The molecule has 3 heterocycles. The van der Waals surface area contributed by atoms with E-state index in [0.29, 0.717) is 32.7 Å². The van der Waals surface area contributed by atoms with Crippen molar-refractivity contribution in [2.45, 2.75) is 31.5 Å². The Balaban J connectivity index is 1.31. The second-order valence-electron chi connectivity index (χ2n) is 9.52. The number of aromatic amines is 1. The summed E-state index contributed by atoms with van der Waals surface area (Å²) in [5, 5.41) is 12.4. The van der Waals surface area contributed by atoms with Gasteiger partial charge in [-0.1, -0.05) is 54.3 Å². The van der Waals surface area contributed by atoms with Gasteiger partial charge in [0, 0.05) is 42.3 Å². The molecule has 5 rings (SSSR count). The average Bonchev–Trinajstić information content (AvgIpc) is 3.71. The minimum atomic E-state index is -0.545. The Morgan fingerprint density at radius 2 is 2.00 bits per heavy atom. The lowest BCUT2D eigenvalue weighted by atomic mass is 10.1. The van der Waals surface area contributed by atoms with E-state index in [2.05, 4.69) is 38.2 Å². The molecule has 0 radical (unpaired) electrons. The minimum absolute atomic E-state index is 0.0462. The molecule has 0 spiro atoms. The van der Waals surface area contributed by atoms with E-state index in [1.54, 1.807) is 17.0 Å². The predicted octanol–water partition coefficient (Wildman–Crippen LogP) is 3.29. The maximum absolute atomic E-state index is 13.5. The topological polar surface area (TPSA) is 114 Å². The number of carbonyl (C=O) groups excluding carboxylic acids is 2. The highest BCUT2D eigenvalue weighted by molar-refractivity contribution is 5.86. The first-order valence-electron chi connectivity index (χ1n) is 13.0. The number of amides is 1.